The summed E-state index contributed by atoms with van der Waals surface area (Å²) in [6.07, 6.45) is 1.55. The van der Waals surface area contributed by atoms with Crippen LogP contribution in [0.25, 0.3) is 0 Å². The first-order valence-electron chi connectivity index (χ1n) is 12.7. The zero-order valence-corrected chi connectivity index (χ0v) is 22.5. The van der Waals surface area contributed by atoms with Crippen LogP contribution in [0.4, 0.5) is 14.4 Å². The molecule has 0 bridgehead atoms. The van der Waals surface area contributed by atoms with Gasteiger partial charge in [0.2, 0.25) is 0 Å². The minimum absolute atomic E-state index is 0.0239. The van der Waals surface area contributed by atoms with Crippen molar-refractivity contribution in [3.63, 3.8) is 0 Å². The summed E-state index contributed by atoms with van der Waals surface area (Å²) in [4.78, 5) is 47.4. The first-order valence-corrected chi connectivity index (χ1v) is 12.7. The first-order chi connectivity index (χ1) is 18.2. The fourth-order valence-electron chi connectivity index (χ4n) is 3.14. The number of unbranched alkanes of at least 4 members (excludes halogenated alkanes) is 4. The lowest BCUT2D eigenvalue weighted by Gasteiger charge is -2.19. The van der Waals surface area contributed by atoms with E-state index < -0.39 is 36.6 Å². The molecule has 1 rings (SSSR count). The number of ether oxygens (including phenoxy) is 6. The number of methoxy groups -OCH3 is 1. The molecule has 0 aromatic heterocycles. The summed E-state index contributed by atoms with van der Waals surface area (Å²) in [5, 5.41) is 12.4. The second-order valence-electron chi connectivity index (χ2n) is 8.48. The Kier molecular flexibility index (Phi) is 16.0. The maximum atomic E-state index is 12.2. The molecule has 0 aliphatic rings. The highest BCUT2D eigenvalue weighted by Gasteiger charge is 2.22. The lowest BCUT2D eigenvalue weighted by atomic mass is 10.0. The number of rotatable bonds is 17. The summed E-state index contributed by atoms with van der Waals surface area (Å²) in [5.74, 6) is -1.36. The Bertz CT molecular complexity index is 890. The topological polar surface area (TPSA) is 156 Å². The number of benzene rings is 1. The molecule has 12 nitrogen and oxygen atoms in total. The number of carboxylic acids is 1. The van der Waals surface area contributed by atoms with Crippen molar-refractivity contribution in [2.75, 3.05) is 26.9 Å². The van der Waals surface area contributed by atoms with Crippen LogP contribution in [-0.2, 0) is 30.2 Å². The summed E-state index contributed by atoms with van der Waals surface area (Å²) in [6.45, 7) is 6.01. The number of carbonyl (C=O) groups excluding carboxylic acids is 3. The van der Waals surface area contributed by atoms with E-state index in [1.54, 1.807) is 6.92 Å². The Morgan fingerprint density at radius 1 is 0.868 bits per heavy atom. The van der Waals surface area contributed by atoms with E-state index in [2.05, 4.69) is 10.1 Å². The van der Waals surface area contributed by atoms with Gasteiger partial charge in [-0.05, 0) is 43.9 Å². The second kappa shape index (κ2) is 18.7. The van der Waals surface area contributed by atoms with Crippen LogP contribution < -0.4 is 14.8 Å². The highest BCUT2D eigenvalue weighted by molar-refractivity contribution is 5.74. The Hall–Kier alpha value is -3.54. The van der Waals surface area contributed by atoms with Gasteiger partial charge < -0.3 is 38.8 Å². The number of hydrogen-bond donors (Lipinski definition) is 2. The highest BCUT2D eigenvalue weighted by Crippen LogP contribution is 2.30. The molecule has 2 atom stereocenters. The minimum Gasteiger partial charge on any atom is -0.480 e. The summed E-state index contributed by atoms with van der Waals surface area (Å²) in [7, 11) is 1.17. The van der Waals surface area contributed by atoms with Gasteiger partial charge >= 0.3 is 24.4 Å². The van der Waals surface area contributed by atoms with Gasteiger partial charge in [-0.25, -0.2) is 14.4 Å². The Morgan fingerprint density at radius 2 is 1.45 bits per heavy atom. The van der Waals surface area contributed by atoms with E-state index in [-0.39, 0.29) is 37.7 Å². The molecular weight excluding hydrogens is 502 g/mol. The number of carbonyl (C=O) groups is 4. The predicted octanol–water partition coefficient (Wildman–Crippen LogP) is 4.85. The van der Waals surface area contributed by atoms with Crippen molar-refractivity contribution in [1.29, 1.82) is 0 Å². The van der Waals surface area contributed by atoms with E-state index >= 15 is 0 Å². The van der Waals surface area contributed by atoms with Gasteiger partial charge in [0.1, 0.15) is 12.1 Å². The van der Waals surface area contributed by atoms with Crippen LogP contribution in [0.3, 0.4) is 0 Å². The van der Waals surface area contributed by atoms with Crippen molar-refractivity contribution in [3.05, 3.63) is 23.8 Å². The predicted molar refractivity (Wildman–Crippen MR) is 136 cm³/mol. The van der Waals surface area contributed by atoms with Gasteiger partial charge in [0.25, 0.3) is 0 Å². The van der Waals surface area contributed by atoms with Crippen molar-refractivity contribution in [2.24, 2.45) is 0 Å². The van der Waals surface area contributed by atoms with E-state index in [1.165, 1.54) is 25.3 Å². The molecule has 2 N–H and O–H groups in total. The second-order valence-corrected chi connectivity index (χ2v) is 8.48. The zero-order chi connectivity index (χ0) is 28.3. The number of aliphatic carboxylic acids is 1. The van der Waals surface area contributed by atoms with Crippen LogP contribution in [-0.4, -0.2) is 68.6 Å². The third-order valence-corrected chi connectivity index (χ3v) is 5.18. The van der Waals surface area contributed by atoms with Crippen molar-refractivity contribution < 1.29 is 52.7 Å². The van der Waals surface area contributed by atoms with Gasteiger partial charge in [-0.15, -0.1) is 0 Å². The summed E-state index contributed by atoms with van der Waals surface area (Å²) < 4.78 is 30.0. The fraction of sp³-hybridized carbons (Fsp3) is 0.615. The Labute approximate surface area is 222 Å². The third kappa shape index (κ3) is 13.7. The van der Waals surface area contributed by atoms with Crippen LogP contribution in [0, 0.1) is 0 Å². The first kappa shape index (κ1) is 32.5. The molecular formula is C26H39NO11. The molecule has 0 spiro atoms. The smallest absolute Gasteiger partial charge is 0.480 e. The van der Waals surface area contributed by atoms with E-state index in [0.29, 0.717) is 18.4 Å². The van der Waals surface area contributed by atoms with Gasteiger partial charge in [-0.3, -0.25) is 4.79 Å². The molecule has 0 heterocycles. The van der Waals surface area contributed by atoms with Gasteiger partial charge in [-0.2, -0.15) is 0 Å². The largest absolute Gasteiger partial charge is 0.513 e. The van der Waals surface area contributed by atoms with E-state index in [0.717, 1.165) is 25.7 Å². The number of nitrogens with one attached hydrogen (secondary N) is 1. The van der Waals surface area contributed by atoms with E-state index in [9.17, 15) is 24.3 Å². The fourth-order valence-corrected chi connectivity index (χ4v) is 3.14. The van der Waals surface area contributed by atoms with Gasteiger partial charge in [0.15, 0.2) is 11.5 Å². The van der Waals surface area contributed by atoms with Gasteiger partial charge in [0, 0.05) is 6.54 Å². The molecule has 0 saturated carbocycles. The lowest BCUT2D eigenvalue weighted by molar-refractivity contribution is -0.139. The average Bonchev–Trinajstić information content (AvgIpc) is 2.88. The van der Waals surface area contributed by atoms with Crippen molar-refractivity contribution >= 4 is 24.4 Å². The summed E-state index contributed by atoms with van der Waals surface area (Å²) in [5.41, 5.74) is 0.462. The summed E-state index contributed by atoms with van der Waals surface area (Å²) >= 11 is 0. The molecule has 1 aromatic rings. The Morgan fingerprint density at radius 3 is 1.97 bits per heavy atom. The molecule has 0 saturated heterocycles. The van der Waals surface area contributed by atoms with Gasteiger partial charge in [0.05, 0.1) is 20.3 Å². The quantitative estimate of drug-likeness (QED) is 0.120. The SMILES string of the molecule is CCCCCOC(=O)Oc1ccc(C[C@H](NCC(C)OC(=O)OC)C(=O)O)cc1OC(=O)OCCCCC. The van der Waals surface area contributed by atoms with E-state index in [4.69, 9.17) is 23.7 Å². The molecule has 1 aromatic carbocycles. The maximum Gasteiger partial charge on any atom is 0.513 e. The standard InChI is InChI=1S/C26H39NO11/c1-5-7-9-13-34-25(31)37-21-12-11-19(16-22(21)38-26(32)35-14-10-8-6-2)15-20(23(28)29)27-17-18(3)36-24(30)33-4/h11-12,16,18,20,27H,5-10,13-15,17H2,1-4H3,(H,28,29)/t18?,20-/m0/s1. The average molecular weight is 542 g/mol. The number of carboxylic acid groups (broad SMARTS) is 1. The normalized spacial score (nSPS) is 12.1. The molecule has 1 unspecified atom stereocenters. The van der Waals surface area contributed by atoms with Crippen LogP contribution in [0.15, 0.2) is 18.2 Å². The van der Waals surface area contributed by atoms with Crippen LogP contribution in [0.1, 0.15) is 64.9 Å². The maximum absolute atomic E-state index is 12.2. The van der Waals surface area contributed by atoms with Crippen molar-refractivity contribution in [2.45, 2.75) is 77.9 Å². The molecule has 0 aliphatic heterocycles. The number of hydrogen-bond acceptors (Lipinski definition) is 11. The van der Waals surface area contributed by atoms with Crippen LogP contribution in [0.2, 0.25) is 0 Å². The third-order valence-electron chi connectivity index (χ3n) is 5.18. The molecule has 0 fully saturated rings. The molecule has 0 radical (unpaired) electrons. The van der Waals surface area contributed by atoms with Crippen molar-refractivity contribution in [1.82, 2.24) is 5.32 Å². The van der Waals surface area contributed by atoms with E-state index in [1.807, 2.05) is 13.8 Å². The monoisotopic (exact) mass is 541 g/mol. The molecule has 0 aliphatic carbocycles. The molecule has 0 amide bonds. The van der Waals surface area contributed by atoms with Crippen LogP contribution >= 0.6 is 0 Å². The molecule has 214 valence electrons. The minimum atomic E-state index is -1.15. The van der Waals surface area contributed by atoms with Crippen molar-refractivity contribution in [3.8, 4) is 11.5 Å². The van der Waals surface area contributed by atoms with Gasteiger partial charge in [-0.1, -0.05) is 45.6 Å². The molecule has 38 heavy (non-hydrogen) atoms. The zero-order valence-electron chi connectivity index (χ0n) is 22.5. The molecule has 12 heteroatoms. The highest BCUT2D eigenvalue weighted by atomic mass is 16.7. The lowest BCUT2D eigenvalue weighted by Crippen LogP contribution is -2.42. The Balaban J connectivity index is 2.96. The van der Waals surface area contributed by atoms with Crippen LogP contribution in [0.5, 0.6) is 11.5 Å². The summed E-state index contributed by atoms with van der Waals surface area (Å²) in [6, 6.07) is 3.23.